The molecule has 0 spiro atoms. The van der Waals surface area contributed by atoms with Crippen LogP contribution in [0.4, 0.5) is 0 Å². The number of hydrogen-bond donors (Lipinski definition) is 2. The summed E-state index contributed by atoms with van der Waals surface area (Å²) < 4.78 is 5.36. The Balaban J connectivity index is 0.00000288. The first-order valence-electron chi connectivity index (χ1n) is 7.64. The van der Waals surface area contributed by atoms with Gasteiger partial charge in [-0.3, -0.25) is 4.99 Å². The van der Waals surface area contributed by atoms with E-state index in [0.717, 1.165) is 28.0 Å². The first-order valence-corrected chi connectivity index (χ1v) is 8.52. The van der Waals surface area contributed by atoms with Gasteiger partial charge in [0.1, 0.15) is 10.8 Å². The van der Waals surface area contributed by atoms with Crippen molar-refractivity contribution in [3.05, 3.63) is 45.9 Å². The lowest BCUT2D eigenvalue weighted by Gasteiger charge is -2.13. The predicted octanol–water partition coefficient (Wildman–Crippen LogP) is 3.76. The number of hydrogen-bond acceptors (Lipinski definition) is 4. The van der Waals surface area contributed by atoms with Crippen molar-refractivity contribution < 1.29 is 4.74 Å². The van der Waals surface area contributed by atoms with Crippen LogP contribution in [-0.2, 0) is 13.1 Å². The van der Waals surface area contributed by atoms with Crippen LogP contribution in [0.5, 0.6) is 5.75 Å². The maximum atomic E-state index is 5.36. The third kappa shape index (κ3) is 5.94. The van der Waals surface area contributed by atoms with Crippen LogP contribution in [0, 0.1) is 0 Å². The molecule has 0 aliphatic carbocycles. The second-order valence-electron chi connectivity index (χ2n) is 5.41. The number of thiazole rings is 1. The lowest BCUT2D eigenvalue weighted by atomic mass is 10.2. The monoisotopic (exact) mass is 460 g/mol. The molecule has 2 N–H and O–H groups in total. The summed E-state index contributed by atoms with van der Waals surface area (Å²) >= 11 is 1.67. The van der Waals surface area contributed by atoms with Gasteiger partial charge >= 0.3 is 0 Å². The second kappa shape index (κ2) is 10.5. The summed E-state index contributed by atoms with van der Waals surface area (Å²) in [4.78, 5) is 8.86. The van der Waals surface area contributed by atoms with E-state index in [1.54, 1.807) is 25.5 Å². The summed E-state index contributed by atoms with van der Waals surface area (Å²) in [6, 6.07) is 7.95. The van der Waals surface area contributed by atoms with Crippen molar-refractivity contribution >= 4 is 41.3 Å². The highest BCUT2D eigenvalue weighted by Crippen LogP contribution is 2.18. The number of aliphatic imine (C=N–C) groups is 1. The molecule has 0 aliphatic heterocycles. The molecule has 0 bridgehead atoms. The summed E-state index contributed by atoms with van der Waals surface area (Å²) in [6.45, 7) is 5.63. The van der Waals surface area contributed by atoms with Gasteiger partial charge in [-0.2, -0.15) is 0 Å². The zero-order chi connectivity index (χ0) is 16.7. The average molecular weight is 460 g/mol. The number of para-hydroxylation sites is 1. The van der Waals surface area contributed by atoms with Crippen LogP contribution >= 0.6 is 35.3 Å². The molecule has 5 nitrogen and oxygen atoms in total. The van der Waals surface area contributed by atoms with Crippen LogP contribution in [-0.4, -0.2) is 25.1 Å². The van der Waals surface area contributed by atoms with E-state index >= 15 is 0 Å². The van der Waals surface area contributed by atoms with E-state index in [0.29, 0.717) is 19.0 Å². The van der Waals surface area contributed by atoms with Crippen LogP contribution in [0.1, 0.15) is 36.0 Å². The Hall–Kier alpha value is -1.35. The lowest BCUT2D eigenvalue weighted by molar-refractivity contribution is 0.409. The molecule has 0 unspecified atom stereocenters. The molecule has 0 amide bonds. The molecule has 2 aromatic rings. The van der Waals surface area contributed by atoms with E-state index < -0.39 is 0 Å². The summed E-state index contributed by atoms with van der Waals surface area (Å²) in [7, 11) is 3.44. The van der Waals surface area contributed by atoms with Gasteiger partial charge in [0.25, 0.3) is 0 Å². The molecule has 0 saturated carbocycles. The van der Waals surface area contributed by atoms with E-state index in [1.807, 2.05) is 24.3 Å². The minimum atomic E-state index is 0. The van der Waals surface area contributed by atoms with Gasteiger partial charge < -0.3 is 15.4 Å². The standard InChI is InChI=1S/C17H24N4OS.HI/c1-12(2)14-11-23-16(21-14)10-20-17(18-3)19-9-13-7-5-6-8-15(13)22-4;/h5-8,11-12H,9-10H2,1-4H3,(H2,18,19,20);1H. The molecule has 2 rings (SSSR count). The first kappa shape index (κ1) is 20.7. The topological polar surface area (TPSA) is 58.5 Å². The third-order valence-corrected chi connectivity index (χ3v) is 4.30. The normalized spacial score (nSPS) is 11.1. The van der Waals surface area contributed by atoms with E-state index in [1.165, 1.54) is 0 Å². The van der Waals surface area contributed by atoms with Crippen molar-refractivity contribution in [1.82, 2.24) is 15.6 Å². The van der Waals surface area contributed by atoms with Gasteiger partial charge in [-0.15, -0.1) is 35.3 Å². The highest BCUT2D eigenvalue weighted by molar-refractivity contribution is 14.0. The molecule has 0 atom stereocenters. The molecule has 24 heavy (non-hydrogen) atoms. The Kier molecular flexibility index (Phi) is 9.05. The first-order chi connectivity index (χ1) is 11.1. The number of guanidine groups is 1. The minimum absolute atomic E-state index is 0. The van der Waals surface area contributed by atoms with Gasteiger partial charge in [-0.25, -0.2) is 4.98 Å². The number of halogens is 1. The Bertz CT molecular complexity index is 658. The SMILES string of the molecule is CN=C(NCc1nc(C(C)C)cs1)NCc1ccccc1OC.I. The fourth-order valence-electron chi connectivity index (χ4n) is 2.08. The van der Waals surface area contributed by atoms with Crippen molar-refractivity contribution in [2.24, 2.45) is 4.99 Å². The number of aromatic nitrogens is 1. The van der Waals surface area contributed by atoms with Crippen molar-refractivity contribution in [3.63, 3.8) is 0 Å². The minimum Gasteiger partial charge on any atom is -0.496 e. The summed E-state index contributed by atoms with van der Waals surface area (Å²) in [5.74, 6) is 2.08. The molecule has 0 radical (unpaired) electrons. The molecule has 0 fully saturated rings. The molecule has 1 heterocycles. The highest BCUT2D eigenvalue weighted by Gasteiger charge is 2.07. The Morgan fingerprint density at radius 3 is 2.58 bits per heavy atom. The van der Waals surface area contributed by atoms with Gasteiger partial charge in [0, 0.05) is 24.5 Å². The van der Waals surface area contributed by atoms with Crippen LogP contribution in [0.25, 0.3) is 0 Å². The van der Waals surface area contributed by atoms with Crippen molar-refractivity contribution in [2.45, 2.75) is 32.9 Å². The Morgan fingerprint density at radius 2 is 1.96 bits per heavy atom. The smallest absolute Gasteiger partial charge is 0.191 e. The van der Waals surface area contributed by atoms with Gasteiger partial charge in [0.2, 0.25) is 0 Å². The average Bonchev–Trinajstić information content (AvgIpc) is 3.04. The summed E-state index contributed by atoms with van der Waals surface area (Å²) in [5.41, 5.74) is 2.23. The molecule has 7 heteroatoms. The molecular formula is C17H25IN4OS. The third-order valence-electron chi connectivity index (χ3n) is 3.43. The van der Waals surface area contributed by atoms with Crippen molar-refractivity contribution in [3.8, 4) is 5.75 Å². The molecular weight excluding hydrogens is 435 g/mol. The van der Waals surface area contributed by atoms with Crippen LogP contribution in [0.3, 0.4) is 0 Å². The number of nitrogens with zero attached hydrogens (tertiary/aromatic N) is 2. The number of rotatable bonds is 6. The summed E-state index contributed by atoms with van der Waals surface area (Å²) in [5, 5.41) is 9.77. The molecule has 0 saturated heterocycles. The number of ether oxygens (including phenoxy) is 1. The zero-order valence-electron chi connectivity index (χ0n) is 14.5. The van der Waals surface area contributed by atoms with E-state index in [9.17, 15) is 0 Å². The highest BCUT2D eigenvalue weighted by atomic mass is 127. The van der Waals surface area contributed by atoms with Gasteiger partial charge in [0.15, 0.2) is 5.96 Å². The fourth-order valence-corrected chi connectivity index (χ4v) is 2.97. The van der Waals surface area contributed by atoms with E-state index in [-0.39, 0.29) is 24.0 Å². The van der Waals surface area contributed by atoms with Gasteiger partial charge in [-0.05, 0) is 12.0 Å². The molecule has 0 aliphatic rings. The molecule has 1 aromatic carbocycles. The summed E-state index contributed by atoms with van der Waals surface area (Å²) in [6.07, 6.45) is 0. The Morgan fingerprint density at radius 1 is 1.25 bits per heavy atom. The molecule has 132 valence electrons. The van der Waals surface area contributed by atoms with E-state index in [4.69, 9.17) is 4.74 Å². The number of methoxy groups -OCH3 is 1. The lowest BCUT2D eigenvalue weighted by Crippen LogP contribution is -2.36. The second-order valence-corrected chi connectivity index (χ2v) is 6.35. The Labute approximate surface area is 165 Å². The van der Waals surface area contributed by atoms with Gasteiger partial charge in [0.05, 0.1) is 19.3 Å². The van der Waals surface area contributed by atoms with Crippen LogP contribution in [0.2, 0.25) is 0 Å². The molecule has 1 aromatic heterocycles. The van der Waals surface area contributed by atoms with E-state index in [2.05, 4.69) is 39.8 Å². The maximum Gasteiger partial charge on any atom is 0.191 e. The van der Waals surface area contributed by atoms with Gasteiger partial charge in [-0.1, -0.05) is 32.0 Å². The van der Waals surface area contributed by atoms with Crippen LogP contribution < -0.4 is 15.4 Å². The predicted molar refractivity (Wildman–Crippen MR) is 112 cm³/mol. The fraction of sp³-hybridized carbons (Fsp3) is 0.412. The largest absolute Gasteiger partial charge is 0.496 e. The quantitative estimate of drug-likeness (QED) is 0.392. The maximum absolute atomic E-state index is 5.36. The number of benzene rings is 1. The number of nitrogens with one attached hydrogen (secondary N) is 2. The van der Waals surface area contributed by atoms with Crippen molar-refractivity contribution in [1.29, 1.82) is 0 Å². The van der Waals surface area contributed by atoms with Crippen molar-refractivity contribution in [2.75, 3.05) is 14.2 Å². The van der Waals surface area contributed by atoms with Crippen LogP contribution in [0.15, 0.2) is 34.6 Å². The zero-order valence-corrected chi connectivity index (χ0v) is 17.6.